The molecule has 0 saturated carbocycles. The Hall–Kier alpha value is -5.63. The molecule has 1 heterocycles. The van der Waals surface area contributed by atoms with Crippen molar-refractivity contribution in [3.63, 3.8) is 0 Å². The van der Waals surface area contributed by atoms with Gasteiger partial charge in [-0.1, -0.05) is 68.2 Å². The standard InChI is InChI=1S/C45H57N5O10/c1-32(2)43(45(56)47-33(3)44(55)48-38-16-12-34(31-51)13-17-38)49-41(53)20-22-57-24-26-59-28-29-60-27-25-58-23-21-46-40(52)18-19-42(54)50-30-37-10-5-4-8-35(37)14-15-36-9-6-7-11-39(36)50/h4-13,16-17,32-33,43,51H,18-31H2,1-3H3,(H,46,52)(H,47,56)(H,48,55)(H,49,53)/t33-,43-/m0/s1. The molecule has 0 unspecified atom stereocenters. The second-order valence-electron chi connectivity index (χ2n) is 14.3. The van der Waals surface area contributed by atoms with Crippen molar-refractivity contribution in [2.24, 2.45) is 5.92 Å². The first kappa shape index (κ1) is 47.1. The Morgan fingerprint density at radius 1 is 0.667 bits per heavy atom. The van der Waals surface area contributed by atoms with Gasteiger partial charge in [0.2, 0.25) is 29.5 Å². The smallest absolute Gasteiger partial charge is 0.246 e. The van der Waals surface area contributed by atoms with E-state index in [0.29, 0.717) is 64.0 Å². The molecule has 0 saturated heterocycles. The van der Waals surface area contributed by atoms with Crippen LogP contribution in [0.3, 0.4) is 0 Å². The number of amides is 5. The van der Waals surface area contributed by atoms with Crippen molar-refractivity contribution in [2.45, 2.75) is 65.3 Å². The summed E-state index contributed by atoms with van der Waals surface area (Å²) in [7, 11) is 0. The molecule has 4 rings (SSSR count). The molecule has 1 aliphatic rings. The van der Waals surface area contributed by atoms with Crippen LogP contribution in [0.1, 0.15) is 62.3 Å². The topological polar surface area (TPSA) is 194 Å². The van der Waals surface area contributed by atoms with Crippen LogP contribution >= 0.6 is 0 Å². The summed E-state index contributed by atoms with van der Waals surface area (Å²) < 4.78 is 22.0. The van der Waals surface area contributed by atoms with Crippen LogP contribution in [0.2, 0.25) is 0 Å². The first-order valence-corrected chi connectivity index (χ1v) is 20.2. The van der Waals surface area contributed by atoms with Gasteiger partial charge in [-0.15, -0.1) is 0 Å². The van der Waals surface area contributed by atoms with E-state index in [9.17, 15) is 29.1 Å². The van der Waals surface area contributed by atoms with E-state index in [2.05, 4.69) is 33.1 Å². The maximum absolute atomic E-state index is 13.3. The Balaban J connectivity index is 0.967. The molecule has 15 nitrogen and oxygen atoms in total. The Morgan fingerprint density at radius 3 is 1.93 bits per heavy atom. The third-order valence-electron chi connectivity index (χ3n) is 9.32. The number of hydrogen-bond donors (Lipinski definition) is 5. The monoisotopic (exact) mass is 827 g/mol. The zero-order chi connectivity index (χ0) is 43.1. The molecule has 0 fully saturated rings. The predicted molar refractivity (Wildman–Crippen MR) is 226 cm³/mol. The number of aliphatic hydroxyl groups is 1. The van der Waals surface area contributed by atoms with Gasteiger partial charge in [0.25, 0.3) is 0 Å². The first-order chi connectivity index (χ1) is 29.0. The molecular formula is C45H57N5O10. The molecule has 0 aromatic heterocycles. The second-order valence-corrected chi connectivity index (χ2v) is 14.3. The molecule has 322 valence electrons. The fourth-order valence-corrected chi connectivity index (χ4v) is 5.93. The zero-order valence-electron chi connectivity index (χ0n) is 34.6. The number of carbonyl (C=O) groups excluding carboxylic acids is 5. The quantitative estimate of drug-likeness (QED) is 0.0627. The van der Waals surface area contributed by atoms with Crippen LogP contribution in [-0.2, 0) is 56.1 Å². The fraction of sp³-hybridized carbons (Fsp3) is 0.444. The van der Waals surface area contributed by atoms with Crippen molar-refractivity contribution < 1.29 is 48.0 Å². The average Bonchev–Trinajstić information content (AvgIpc) is 3.24. The maximum Gasteiger partial charge on any atom is 0.246 e. The number of ether oxygens (including phenoxy) is 4. The summed E-state index contributed by atoms with van der Waals surface area (Å²) in [5, 5.41) is 20.1. The molecule has 2 atom stereocenters. The normalized spacial score (nSPS) is 12.7. The molecule has 0 aliphatic carbocycles. The van der Waals surface area contributed by atoms with Crippen LogP contribution in [0.25, 0.3) is 0 Å². The molecule has 60 heavy (non-hydrogen) atoms. The highest BCUT2D eigenvalue weighted by molar-refractivity contribution is 5.98. The molecule has 3 aromatic carbocycles. The van der Waals surface area contributed by atoms with Crippen LogP contribution in [0.5, 0.6) is 0 Å². The minimum Gasteiger partial charge on any atom is -0.392 e. The van der Waals surface area contributed by atoms with E-state index in [4.69, 9.17) is 18.9 Å². The van der Waals surface area contributed by atoms with Crippen molar-refractivity contribution >= 4 is 40.9 Å². The number of fused-ring (bicyclic) bond motifs is 2. The van der Waals surface area contributed by atoms with Gasteiger partial charge in [-0.2, -0.15) is 0 Å². The van der Waals surface area contributed by atoms with Crippen LogP contribution in [0.4, 0.5) is 11.4 Å². The minimum atomic E-state index is -0.852. The number of hydrogen-bond acceptors (Lipinski definition) is 10. The predicted octanol–water partition coefficient (Wildman–Crippen LogP) is 3.06. The number of anilines is 2. The SMILES string of the molecule is CC(C)[C@H](NC(=O)CCOCCOCCOCCOCCNC(=O)CCC(=O)N1Cc2ccccc2C#Cc2ccccc21)C(=O)N[C@@H](C)C(=O)Nc1ccc(CO)cc1. The van der Waals surface area contributed by atoms with Crippen LogP contribution in [-0.4, -0.2) is 106 Å². The second kappa shape index (κ2) is 25.8. The Kier molecular flexibility index (Phi) is 20.2. The third-order valence-corrected chi connectivity index (χ3v) is 9.32. The third kappa shape index (κ3) is 16.2. The molecular weight excluding hydrogens is 771 g/mol. The Bertz CT molecular complexity index is 1930. The van der Waals surface area contributed by atoms with Gasteiger partial charge >= 0.3 is 0 Å². The number of rotatable bonds is 25. The summed E-state index contributed by atoms with van der Waals surface area (Å²) in [4.78, 5) is 65.5. The summed E-state index contributed by atoms with van der Waals surface area (Å²) in [6, 6.07) is 20.3. The van der Waals surface area contributed by atoms with E-state index in [1.165, 1.54) is 0 Å². The first-order valence-electron chi connectivity index (χ1n) is 20.2. The van der Waals surface area contributed by atoms with E-state index >= 15 is 0 Å². The highest BCUT2D eigenvalue weighted by Gasteiger charge is 2.27. The molecule has 5 N–H and O–H groups in total. The zero-order valence-corrected chi connectivity index (χ0v) is 34.6. The fourth-order valence-electron chi connectivity index (χ4n) is 5.93. The molecule has 3 aromatic rings. The van der Waals surface area contributed by atoms with Gasteiger partial charge < -0.3 is 50.2 Å². The van der Waals surface area contributed by atoms with E-state index in [1.54, 1.807) is 49.9 Å². The molecule has 0 radical (unpaired) electrons. The molecule has 0 bridgehead atoms. The summed E-state index contributed by atoms with van der Waals surface area (Å²) in [6.07, 6.45) is 0.164. The van der Waals surface area contributed by atoms with Crippen molar-refractivity contribution in [3.8, 4) is 11.8 Å². The van der Waals surface area contributed by atoms with Gasteiger partial charge in [0.05, 0.1) is 71.7 Å². The van der Waals surface area contributed by atoms with Crippen LogP contribution in [0.15, 0.2) is 72.8 Å². The van der Waals surface area contributed by atoms with Crippen molar-refractivity contribution in [1.29, 1.82) is 0 Å². The molecule has 1 aliphatic heterocycles. The van der Waals surface area contributed by atoms with Crippen LogP contribution in [0, 0.1) is 17.8 Å². The summed E-state index contributed by atoms with van der Waals surface area (Å²) in [5.41, 5.74) is 4.58. The van der Waals surface area contributed by atoms with Crippen LogP contribution < -0.4 is 26.2 Å². The van der Waals surface area contributed by atoms with E-state index < -0.39 is 23.9 Å². The van der Waals surface area contributed by atoms with Gasteiger partial charge in [-0.25, -0.2) is 0 Å². The highest BCUT2D eigenvalue weighted by Crippen LogP contribution is 2.26. The molecule has 15 heteroatoms. The van der Waals surface area contributed by atoms with Gasteiger partial charge in [0.15, 0.2) is 0 Å². The lowest BCUT2D eigenvalue weighted by molar-refractivity contribution is -0.132. The van der Waals surface area contributed by atoms with Crippen molar-refractivity contribution in [3.05, 3.63) is 95.1 Å². The largest absolute Gasteiger partial charge is 0.392 e. The van der Waals surface area contributed by atoms with E-state index in [1.807, 2.05) is 48.5 Å². The number of benzene rings is 3. The lowest BCUT2D eigenvalue weighted by atomic mass is 10.0. The molecule has 0 spiro atoms. The van der Waals surface area contributed by atoms with E-state index in [-0.39, 0.29) is 62.7 Å². The average molecular weight is 828 g/mol. The minimum absolute atomic E-state index is 0.0448. The van der Waals surface area contributed by atoms with Gasteiger partial charge in [-0.05, 0) is 54.3 Å². The van der Waals surface area contributed by atoms with Crippen molar-refractivity contribution in [2.75, 3.05) is 69.6 Å². The van der Waals surface area contributed by atoms with E-state index in [0.717, 1.165) is 22.4 Å². The Labute approximate surface area is 351 Å². The molecule has 5 amide bonds. The summed E-state index contributed by atoms with van der Waals surface area (Å²) >= 11 is 0. The number of aliphatic hydroxyl groups excluding tert-OH is 1. The summed E-state index contributed by atoms with van der Waals surface area (Å²) in [5.74, 6) is 4.53. The maximum atomic E-state index is 13.3. The lowest BCUT2D eigenvalue weighted by Gasteiger charge is -2.26. The van der Waals surface area contributed by atoms with Gasteiger partial charge in [-0.3, -0.25) is 24.0 Å². The lowest BCUT2D eigenvalue weighted by Crippen LogP contribution is -2.53. The number of nitrogens with zero attached hydrogens (tertiary/aromatic N) is 1. The highest BCUT2D eigenvalue weighted by atomic mass is 16.6. The number of nitrogens with one attached hydrogen (secondary N) is 4. The summed E-state index contributed by atoms with van der Waals surface area (Å²) in [6.45, 7) is 8.15. The van der Waals surface area contributed by atoms with Gasteiger partial charge in [0, 0.05) is 42.6 Å². The van der Waals surface area contributed by atoms with Crippen molar-refractivity contribution in [1.82, 2.24) is 16.0 Å². The van der Waals surface area contributed by atoms with Gasteiger partial charge in [0.1, 0.15) is 12.1 Å². The number of carbonyl (C=O) groups is 5. The number of para-hydroxylation sites is 1. The Morgan fingerprint density at radius 2 is 1.27 bits per heavy atom.